The Hall–Kier alpha value is -2.40. The van der Waals surface area contributed by atoms with Crippen LogP contribution < -0.4 is 4.74 Å². The number of amides is 1. The third kappa shape index (κ3) is 5.07. The van der Waals surface area contributed by atoms with E-state index in [0.29, 0.717) is 36.6 Å². The van der Waals surface area contributed by atoms with Crippen LogP contribution in [-0.2, 0) is 11.3 Å². The summed E-state index contributed by atoms with van der Waals surface area (Å²) in [4.78, 5) is 15.0. The van der Waals surface area contributed by atoms with Crippen LogP contribution in [-0.4, -0.2) is 36.7 Å². The highest BCUT2D eigenvalue weighted by Gasteiger charge is 2.26. The quantitative estimate of drug-likeness (QED) is 0.689. The Morgan fingerprint density at radius 3 is 2.74 bits per heavy atom. The van der Waals surface area contributed by atoms with Crippen molar-refractivity contribution in [3.8, 4) is 5.75 Å². The van der Waals surface area contributed by atoms with E-state index in [9.17, 15) is 9.18 Å². The van der Waals surface area contributed by atoms with Crippen LogP contribution in [0.3, 0.4) is 0 Å². The van der Waals surface area contributed by atoms with Gasteiger partial charge in [-0.2, -0.15) is 0 Å². The Morgan fingerprint density at radius 2 is 2.00 bits per heavy atom. The molecule has 0 aliphatic carbocycles. The van der Waals surface area contributed by atoms with Gasteiger partial charge in [-0.15, -0.1) is 0 Å². The van der Waals surface area contributed by atoms with Crippen molar-refractivity contribution in [2.24, 2.45) is 0 Å². The summed E-state index contributed by atoms with van der Waals surface area (Å²) in [5.74, 6) is 0.0915. The van der Waals surface area contributed by atoms with Gasteiger partial charge in [-0.3, -0.25) is 4.79 Å². The molecule has 2 aromatic carbocycles. The molecule has 1 fully saturated rings. The molecule has 5 heteroatoms. The molecular weight excluding hydrogens is 345 g/mol. The Bertz CT molecular complexity index is 759. The lowest BCUT2D eigenvalue weighted by Gasteiger charge is -2.26. The Labute approximate surface area is 159 Å². The fourth-order valence-electron chi connectivity index (χ4n) is 3.24. The first kappa shape index (κ1) is 19.4. The summed E-state index contributed by atoms with van der Waals surface area (Å²) < 4.78 is 25.6. The summed E-state index contributed by atoms with van der Waals surface area (Å²) in [6, 6.07) is 13.8. The van der Waals surface area contributed by atoms with E-state index in [1.165, 1.54) is 6.07 Å². The van der Waals surface area contributed by atoms with Gasteiger partial charge in [-0.1, -0.05) is 37.3 Å². The molecule has 1 heterocycles. The van der Waals surface area contributed by atoms with Crippen molar-refractivity contribution < 1.29 is 18.7 Å². The molecule has 0 saturated carbocycles. The molecule has 2 aromatic rings. The lowest BCUT2D eigenvalue weighted by atomic mass is 10.1. The minimum Gasteiger partial charge on any atom is -0.493 e. The number of nitrogens with zero attached hydrogens (tertiary/aromatic N) is 1. The van der Waals surface area contributed by atoms with E-state index in [4.69, 9.17) is 9.47 Å². The fourth-order valence-corrected chi connectivity index (χ4v) is 3.24. The van der Waals surface area contributed by atoms with E-state index in [1.807, 2.05) is 19.1 Å². The number of carbonyl (C=O) groups excluding carboxylic acids is 1. The standard InChI is InChI=1S/C22H26FNO3/c1-2-13-27-21-12-6-4-10-19(21)22(25)24(16-18-9-7-14-26-18)15-17-8-3-5-11-20(17)23/h3-6,8,10-12,18H,2,7,9,13-16H2,1H3. The third-order valence-corrected chi connectivity index (χ3v) is 4.63. The summed E-state index contributed by atoms with van der Waals surface area (Å²) in [7, 11) is 0. The molecule has 3 rings (SSSR count). The van der Waals surface area contributed by atoms with Crippen LogP contribution in [0.2, 0.25) is 0 Å². The number of hydrogen-bond acceptors (Lipinski definition) is 3. The van der Waals surface area contributed by atoms with Crippen LogP contribution in [0.25, 0.3) is 0 Å². The van der Waals surface area contributed by atoms with Gasteiger partial charge in [-0.05, 0) is 37.5 Å². The second kappa shape index (κ2) is 9.51. The van der Waals surface area contributed by atoms with Crippen molar-refractivity contribution in [1.29, 1.82) is 0 Å². The minimum atomic E-state index is -0.307. The summed E-state index contributed by atoms with van der Waals surface area (Å²) in [5, 5.41) is 0. The highest BCUT2D eigenvalue weighted by molar-refractivity contribution is 5.97. The molecule has 1 atom stereocenters. The van der Waals surface area contributed by atoms with E-state index >= 15 is 0 Å². The fraction of sp³-hybridized carbons (Fsp3) is 0.409. The monoisotopic (exact) mass is 371 g/mol. The van der Waals surface area contributed by atoms with Gasteiger partial charge in [0.15, 0.2) is 0 Å². The number of ether oxygens (including phenoxy) is 2. The maximum atomic E-state index is 14.2. The lowest BCUT2D eigenvalue weighted by molar-refractivity contribution is 0.0502. The zero-order chi connectivity index (χ0) is 19.1. The van der Waals surface area contributed by atoms with Crippen LogP contribution in [0.4, 0.5) is 4.39 Å². The third-order valence-electron chi connectivity index (χ3n) is 4.63. The number of para-hydroxylation sites is 1. The minimum absolute atomic E-state index is 0.00977. The molecular formula is C22H26FNO3. The van der Waals surface area contributed by atoms with Gasteiger partial charge in [-0.25, -0.2) is 4.39 Å². The molecule has 144 valence electrons. The summed E-state index contributed by atoms with van der Waals surface area (Å²) in [5.41, 5.74) is 0.996. The maximum absolute atomic E-state index is 14.2. The SMILES string of the molecule is CCCOc1ccccc1C(=O)N(Cc1ccccc1F)CC1CCCO1. The second-order valence-corrected chi connectivity index (χ2v) is 6.76. The zero-order valence-electron chi connectivity index (χ0n) is 15.7. The van der Waals surface area contributed by atoms with Crippen LogP contribution in [0, 0.1) is 5.82 Å². The van der Waals surface area contributed by atoms with Gasteiger partial charge in [0.25, 0.3) is 5.91 Å². The largest absolute Gasteiger partial charge is 0.493 e. The van der Waals surface area contributed by atoms with Crippen molar-refractivity contribution in [1.82, 2.24) is 4.90 Å². The molecule has 1 amide bonds. The highest BCUT2D eigenvalue weighted by Crippen LogP contribution is 2.23. The smallest absolute Gasteiger partial charge is 0.258 e. The van der Waals surface area contributed by atoms with E-state index < -0.39 is 0 Å². The maximum Gasteiger partial charge on any atom is 0.258 e. The first-order valence-corrected chi connectivity index (χ1v) is 9.55. The van der Waals surface area contributed by atoms with Crippen molar-refractivity contribution >= 4 is 5.91 Å². The number of carbonyl (C=O) groups is 1. The van der Waals surface area contributed by atoms with E-state index in [1.54, 1.807) is 35.2 Å². The molecule has 1 aliphatic heterocycles. The van der Waals surface area contributed by atoms with Crippen LogP contribution >= 0.6 is 0 Å². The predicted molar refractivity (Wildman–Crippen MR) is 102 cm³/mol. The molecule has 0 bridgehead atoms. The number of hydrogen-bond donors (Lipinski definition) is 0. The van der Waals surface area contributed by atoms with Crippen molar-refractivity contribution in [2.75, 3.05) is 19.8 Å². The summed E-state index contributed by atoms with van der Waals surface area (Å²) in [6.07, 6.45) is 2.75. The number of rotatable bonds is 8. The molecule has 0 aromatic heterocycles. The Balaban J connectivity index is 1.85. The van der Waals surface area contributed by atoms with Crippen molar-refractivity contribution in [3.63, 3.8) is 0 Å². The molecule has 1 saturated heterocycles. The second-order valence-electron chi connectivity index (χ2n) is 6.76. The molecule has 1 unspecified atom stereocenters. The van der Waals surface area contributed by atoms with Gasteiger partial charge < -0.3 is 14.4 Å². The first-order valence-electron chi connectivity index (χ1n) is 9.55. The van der Waals surface area contributed by atoms with Crippen molar-refractivity contribution in [2.45, 2.75) is 38.8 Å². The average Bonchev–Trinajstić information content (AvgIpc) is 3.20. The van der Waals surface area contributed by atoms with E-state index in [0.717, 1.165) is 19.3 Å². The van der Waals surface area contributed by atoms with Crippen LogP contribution in [0.5, 0.6) is 5.75 Å². The molecule has 27 heavy (non-hydrogen) atoms. The van der Waals surface area contributed by atoms with Gasteiger partial charge in [0.1, 0.15) is 11.6 Å². The first-order chi connectivity index (χ1) is 13.2. The normalized spacial score (nSPS) is 16.3. The van der Waals surface area contributed by atoms with Gasteiger partial charge in [0.2, 0.25) is 0 Å². The average molecular weight is 371 g/mol. The highest BCUT2D eigenvalue weighted by atomic mass is 19.1. The van der Waals surface area contributed by atoms with Gasteiger partial charge in [0.05, 0.1) is 18.3 Å². The lowest BCUT2D eigenvalue weighted by Crippen LogP contribution is -2.37. The molecule has 4 nitrogen and oxygen atoms in total. The molecule has 0 N–H and O–H groups in total. The molecule has 0 spiro atoms. The zero-order valence-corrected chi connectivity index (χ0v) is 15.7. The Kier molecular flexibility index (Phi) is 6.82. The number of halogens is 1. The number of benzene rings is 2. The van der Waals surface area contributed by atoms with E-state index in [2.05, 4.69) is 0 Å². The van der Waals surface area contributed by atoms with Crippen LogP contribution in [0.15, 0.2) is 48.5 Å². The molecule has 0 radical (unpaired) electrons. The summed E-state index contributed by atoms with van der Waals surface area (Å²) >= 11 is 0. The van der Waals surface area contributed by atoms with Crippen molar-refractivity contribution in [3.05, 3.63) is 65.5 Å². The predicted octanol–water partition coefficient (Wildman–Crippen LogP) is 4.44. The topological polar surface area (TPSA) is 38.8 Å². The summed E-state index contributed by atoms with van der Waals surface area (Å²) in [6.45, 7) is 3.92. The van der Waals surface area contributed by atoms with Crippen LogP contribution in [0.1, 0.15) is 42.1 Å². The van der Waals surface area contributed by atoms with E-state index in [-0.39, 0.29) is 24.4 Å². The Morgan fingerprint density at radius 1 is 1.22 bits per heavy atom. The van der Waals surface area contributed by atoms with Gasteiger partial charge >= 0.3 is 0 Å². The molecule has 1 aliphatic rings. The van der Waals surface area contributed by atoms with Gasteiger partial charge in [0, 0.05) is 25.3 Å².